The molecule has 0 radical (unpaired) electrons. The van der Waals surface area contributed by atoms with Crippen LogP contribution in [0.4, 0.5) is 0 Å². The van der Waals surface area contributed by atoms with Crippen LogP contribution in [-0.2, 0) is 9.47 Å². The molecule has 0 aromatic heterocycles. The van der Waals surface area contributed by atoms with Gasteiger partial charge in [0.05, 0.1) is 24.4 Å². The van der Waals surface area contributed by atoms with Crippen molar-refractivity contribution in [3.05, 3.63) is 12.2 Å². The summed E-state index contributed by atoms with van der Waals surface area (Å²) in [6.45, 7) is 7.16. The van der Waals surface area contributed by atoms with Crippen LogP contribution in [0.5, 0.6) is 0 Å². The standard InChI is InChI=1S/C21H32O2/c1-11(2)15-7-4-12(3)8-16(15)22-18-10-17-19-13-5-6-14(9-13)20(19)21(18)23-17/h5-6,11-21H,4,7-10H2,1-3H3. The highest BCUT2D eigenvalue weighted by Crippen LogP contribution is 2.60. The fourth-order valence-electron chi connectivity index (χ4n) is 6.81. The van der Waals surface area contributed by atoms with Crippen LogP contribution in [0.15, 0.2) is 12.2 Å². The Balaban J connectivity index is 1.31. The van der Waals surface area contributed by atoms with Crippen molar-refractivity contribution in [2.75, 3.05) is 0 Å². The van der Waals surface area contributed by atoms with Crippen LogP contribution in [0.2, 0.25) is 0 Å². The molecule has 5 rings (SSSR count). The first-order valence-corrected chi connectivity index (χ1v) is 10.1. The Kier molecular flexibility index (Phi) is 3.46. The average molecular weight is 316 g/mol. The highest BCUT2D eigenvalue weighted by Gasteiger charge is 2.63. The minimum Gasteiger partial charge on any atom is -0.372 e. The number of allylic oxidation sites excluding steroid dienone is 2. The van der Waals surface area contributed by atoms with Gasteiger partial charge >= 0.3 is 0 Å². The Labute approximate surface area is 141 Å². The second-order valence-electron chi connectivity index (χ2n) is 9.52. The van der Waals surface area contributed by atoms with E-state index in [9.17, 15) is 0 Å². The van der Waals surface area contributed by atoms with Crippen LogP contribution in [0.1, 0.15) is 52.9 Å². The normalized spacial score (nSPS) is 56.7. The van der Waals surface area contributed by atoms with Crippen molar-refractivity contribution in [3.63, 3.8) is 0 Å². The molecule has 2 heterocycles. The summed E-state index contributed by atoms with van der Waals surface area (Å²) in [6.07, 6.45) is 13.3. The number of fused-ring (bicyclic) bond motifs is 9. The topological polar surface area (TPSA) is 18.5 Å². The van der Waals surface area contributed by atoms with Gasteiger partial charge in [0.15, 0.2) is 0 Å². The van der Waals surface area contributed by atoms with Crippen molar-refractivity contribution in [1.29, 1.82) is 0 Å². The smallest absolute Gasteiger partial charge is 0.0879 e. The number of hydrogen-bond donors (Lipinski definition) is 0. The Bertz CT molecular complexity index is 498. The van der Waals surface area contributed by atoms with Crippen LogP contribution < -0.4 is 0 Å². The summed E-state index contributed by atoms with van der Waals surface area (Å²) in [6, 6.07) is 0. The van der Waals surface area contributed by atoms with Crippen LogP contribution in [0.25, 0.3) is 0 Å². The SMILES string of the molecule is CC1CCC(C(C)C)C(OC2CC3OC2C2C4C=CC(C4)C32)C1. The zero-order valence-electron chi connectivity index (χ0n) is 14.9. The summed E-state index contributed by atoms with van der Waals surface area (Å²) < 4.78 is 13.2. The van der Waals surface area contributed by atoms with Gasteiger partial charge in [-0.1, -0.05) is 39.3 Å². The zero-order chi connectivity index (χ0) is 15.7. The van der Waals surface area contributed by atoms with Crippen LogP contribution in [-0.4, -0.2) is 24.4 Å². The molecule has 0 aromatic rings. The van der Waals surface area contributed by atoms with Gasteiger partial charge in [-0.05, 0) is 60.7 Å². The minimum atomic E-state index is 0.380. The maximum Gasteiger partial charge on any atom is 0.0879 e. The molecule has 2 saturated heterocycles. The second-order valence-corrected chi connectivity index (χ2v) is 9.52. The molecule has 2 aliphatic heterocycles. The summed E-state index contributed by atoms with van der Waals surface area (Å²) in [5.41, 5.74) is 0. The van der Waals surface area contributed by atoms with E-state index in [0.29, 0.717) is 24.4 Å². The van der Waals surface area contributed by atoms with E-state index in [4.69, 9.17) is 9.47 Å². The summed E-state index contributed by atoms with van der Waals surface area (Å²) in [5.74, 6) is 5.52. The molecule has 2 nitrogen and oxygen atoms in total. The first-order chi connectivity index (χ1) is 11.1. The van der Waals surface area contributed by atoms with Gasteiger partial charge in [-0.15, -0.1) is 0 Å². The molecular weight excluding hydrogens is 284 g/mol. The Hall–Kier alpha value is -0.340. The Morgan fingerprint density at radius 1 is 0.957 bits per heavy atom. The van der Waals surface area contributed by atoms with Crippen molar-refractivity contribution in [1.82, 2.24) is 0 Å². The second kappa shape index (κ2) is 5.33. The van der Waals surface area contributed by atoms with Crippen LogP contribution >= 0.6 is 0 Å². The van der Waals surface area contributed by atoms with Gasteiger partial charge in [-0.25, -0.2) is 0 Å². The molecule has 0 N–H and O–H groups in total. The van der Waals surface area contributed by atoms with Gasteiger partial charge in [-0.3, -0.25) is 0 Å². The third-order valence-electron chi connectivity index (χ3n) is 7.87. The van der Waals surface area contributed by atoms with Gasteiger partial charge in [0.25, 0.3) is 0 Å². The Morgan fingerprint density at radius 2 is 1.74 bits per heavy atom. The fourth-order valence-corrected chi connectivity index (χ4v) is 6.81. The molecule has 3 aliphatic carbocycles. The van der Waals surface area contributed by atoms with Crippen molar-refractivity contribution >= 4 is 0 Å². The lowest BCUT2D eigenvalue weighted by molar-refractivity contribution is -0.109. The maximum absolute atomic E-state index is 6.80. The number of hydrogen-bond acceptors (Lipinski definition) is 2. The molecule has 4 fully saturated rings. The van der Waals surface area contributed by atoms with E-state index in [1.807, 2.05) is 0 Å². The minimum absolute atomic E-state index is 0.380. The van der Waals surface area contributed by atoms with Gasteiger partial charge < -0.3 is 9.47 Å². The molecule has 0 aromatic carbocycles. The lowest BCUT2D eigenvalue weighted by Gasteiger charge is -2.41. The molecule has 128 valence electrons. The molecule has 0 spiro atoms. The molecule has 5 aliphatic rings. The van der Waals surface area contributed by atoms with Gasteiger partial charge in [-0.2, -0.15) is 0 Å². The number of ether oxygens (including phenoxy) is 2. The zero-order valence-corrected chi connectivity index (χ0v) is 14.9. The number of rotatable bonds is 3. The van der Waals surface area contributed by atoms with E-state index < -0.39 is 0 Å². The summed E-state index contributed by atoms with van der Waals surface area (Å²) in [5, 5.41) is 0. The first-order valence-electron chi connectivity index (χ1n) is 10.1. The molecule has 10 atom stereocenters. The highest BCUT2D eigenvalue weighted by molar-refractivity contribution is 5.21. The van der Waals surface area contributed by atoms with E-state index in [2.05, 4.69) is 32.9 Å². The van der Waals surface area contributed by atoms with Crippen molar-refractivity contribution < 1.29 is 9.47 Å². The summed E-state index contributed by atoms with van der Waals surface area (Å²) in [4.78, 5) is 0. The lowest BCUT2D eigenvalue weighted by atomic mass is 9.72. The third kappa shape index (κ3) is 2.20. The predicted octanol–water partition coefficient (Wildman–Crippen LogP) is 4.44. The maximum atomic E-state index is 6.80. The lowest BCUT2D eigenvalue weighted by Crippen LogP contribution is -2.44. The van der Waals surface area contributed by atoms with Crippen molar-refractivity contribution in [2.45, 2.75) is 77.3 Å². The molecule has 0 amide bonds. The van der Waals surface area contributed by atoms with Gasteiger partial charge in [0.1, 0.15) is 0 Å². The van der Waals surface area contributed by atoms with E-state index in [-0.39, 0.29) is 0 Å². The average Bonchev–Trinajstić information content (AvgIpc) is 3.25. The molecule has 4 bridgehead atoms. The predicted molar refractivity (Wildman–Crippen MR) is 91.0 cm³/mol. The molecular formula is C21H32O2. The van der Waals surface area contributed by atoms with E-state index in [1.165, 1.54) is 32.1 Å². The fraction of sp³-hybridized carbons (Fsp3) is 0.905. The largest absolute Gasteiger partial charge is 0.372 e. The molecule has 2 heteroatoms. The van der Waals surface area contributed by atoms with Crippen LogP contribution in [0, 0.1) is 41.4 Å². The van der Waals surface area contributed by atoms with Crippen LogP contribution in [0.3, 0.4) is 0 Å². The van der Waals surface area contributed by atoms with Crippen molar-refractivity contribution in [3.8, 4) is 0 Å². The molecule has 2 saturated carbocycles. The van der Waals surface area contributed by atoms with E-state index in [1.54, 1.807) is 0 Å². The third-order valence-corrected chi connectivity index (χ3v) is 7.87. The first kappa shape index (κ1) is 15.0. The Morgan fingerprint density at radius 3 is 2.52 bits per heavy atom. The van der Waals surface area contributed by atoms with Gasteiger partial charge in [0.2, 0.25) is 0 Å². The van der Waals surface area contributed by atoms with E-state index >= 15 is 0 Å². The summed E-state index contributed by atoms with van der Waals surface area (Å²) >= 11 is 0. The molecule has 10 unspecified atom stereocenters. The summed E-state index contributed by atoms with van der Waals surface area (Å²) in [7, 11) is 0. The van der Waals surface area contributed by atoms with Gasteiger partial charge in [0, 0.05) is 6.42 Å². The monoisotopic (exact) mass is 316 g/mol. The van der Waals surface area contributed by atoms with Crippen molar-refractivity contribution in [2.24, 2.45) is 41.4 Å². The van der Waals surface area contributed by atoms with E-state index in [0.717, 1.165) is 41.4 Å². The highest BCUT2D eigenvalue weighted by atomic mass is 16.6. The quantitative estimate of drug-likeness (QED) is 0.717. The molecule has 23 heavy (non-hydrogen) atoms.